The van der Waals surface area contributed by atoms with Gasteiger partial charge in [-0.05, 0) is 19.3 Å². The fourth-order valence-corrected chi connectivity index (χ4v) is 1.76. The van der Waals surface area contributed by atoms with Crippen LogP contribution in [0.4, 0.5) is 0 Å². The molecule has 16 heavy (non-hydrogen) atoms. The van der Waals surface area contributed by atoms with Gasteiger partial charge in [-0.25, -0.2) is 13.6 Å². The van der Waals surface area contributed by atoms with Crippen molar-refractivity contribution in [2.24, 2.45) is 5.14 Å². The zero-order valence-corrected chi connectivity index (χ0v) is 10.8. The molecule has 5 nitrogen and oxygen atoms in total. The fraction of sp³-hybridized carbons (Fsp3) is 1.00. The quantitative estimate of drug-likeness (QED) is 0.555. The first-order valence-electron chi connectivity index (χ1n) is 5.72. The Kier molecular flexibility index (Phi) is 9.91. The van der Waals surface area contributed by atoms with E-state index in [-0.39, 0.29) is 5.75 Å². The molecule has 98 valence electrons. The summed E-state index contributed by atoms with van der Waals surface area (Å²) in [5, 5.41) is 4.87. The summed E-state index contributed by atoms with van der Waals surface area (Å²) in [5.74, 6) is 0.0621. The van der Waals surface area contributed by atoms with Crippen LogP contribution in [0.25, 0.3) is 0 Å². The molecular weight excluding hydrogens is 230 g/mol. The molecule has 0 amide bonds. The van der Waals surface area contributed by atoms with Gasteiger partial charge in [0.25, 0.3) is 0 Å². The highest BCUT2D eigenvalue weighted by Crippen LogP contribution is 1.97. The summed E-state index contributed by atoms with van der Waals surface area (Å²) in [5.41, 5.74) is 0. The second-order valence-electron chi connectivity index (χ2n) is 3.65. The number of sulfonamides is 1. The van der Waals surface area contributed by atoms with Crippen LogP contribution in [0.5, 0.6) is 0 Å². The molecule has 0 aromatic carbocycles. The molecule has 0 aliphatic heterocycles. The van der Waals surface area contributed by atoms with E-state index in [1.54, 1.807) is 0 Å². The minimum atomic E-state index is -3.29. The van der Waals surface area contributed by atoms with E-state index in [0.29, 0.717) is 26.2 Å². The number of primary sulfonamides is 1. The van der Waals surface area contributed by atoms with Crippen LogP contribution in [0.2, 0.25) is 0 Å². The molecular formula is C10H23NO4S. The van der Waals surface area contributed by atoms with Crippen LogP contribution in [0.1, 0.15) is 32.6 Å². The highest BCUT2D eigenvalue weighted by atomic mass is 32.2. The van der Waals surface area contributed by atoms with Crippen LogP contribution in [0, 0.1) is 0 Å². The lowest BCUT2D eigenvalue weighted by Crippen LogP contribution is -2.16. The molecule has 2 N–H and O–H groups in total. The molecule has 0 aromatic rings. The van der Waals surface area contributed by atoms with Crippen LogP contribution in [-0.4, -0.2) is 40.6 Å². The third kappa shape index (κ3) is 13.8. The Morgan fingerprint density at radius 2 is 1.56 bits per heavy atom. The molecule has 0 saturated heterocycles. The van der Waals surface area contributed by atoms with Gasteiger partial charge in [-0.1, -0.05) is 13.3 Å². The summed E-state index contributed by atoms with van der Waals surface area (Å²) in [6.07, 6.45) is 3.32. The van der Waals surface area contributed by atoms with Crippen molar-refractivity contribution in [3.05, 3.63) is 0 Å². The molecule has 0 aliphatic rings. The summed E-state index contributed by atoms with van der Waals surface area (Å²) < 4.78 is 31.7. The van der Waals surface area contributed by atoms with Crippen molar-refractivity contribution in [1.82, 2.24) is 0 Å². The Bertz CT molecular complexity index is 241. The third-order valence-electron chi connectivity index (χ3n) is 1.94. The lowest BCUT2D eigenvalue weighted by molar-refractivity contribution is 0.0466. The average Bonchev–Trinajstić information content (AvgIpc) is 2.19. The first-order chi connectivity index (χ1) is 7.56. The van der Waals surface area contributed by atoms with Crippen molar-refractivity contribution < 1.29 is 17.9 Å². The maximum absolute atomic E-state index is 10.6. The van der Waals surface area contributed by atoms with Crippen molar-refractivity contribution in [3.8, 4) is 0 Å². The summed E-state index contributed by atoms with van der Waals surface area (Å²) in [6.45, 7) is 4.73. The van der Waals surface area contributed by atoms with E-state index >= 15 is 0 Å². The molecule has 0 rings (SSSR count). The maximum Gasteiger partial charge on any atom is 0.209 e. The first kappa shape index (κ1) is 15.8. The monoisotopic (exact) mass is 253 g/mol. The van der Waals surface area contributed by atoms with E-state index < -0.39 is 10.0 Å². The van der Waals surface area contributed by atoms with Crippen molar-refractivity contribution >= 4 is 10.0 Å². The summed E-state index contributed by atoms with van der Waals surface area (Å²) in [7, 11) is -3.29. The normalized spacial score (nSPS) is 11.9. The van der Waals surface area contributed by atoms with Gasteiger partial charge in [-0.3, -0.25) is 0 Å². The van der Waals surface area contributed by atoms with Crippen LogP contribution in [-0.2, 0) is 19.5 Å². The van der Waals surface area contributed by atoms with Crippen molar-refractivity contribution in [3.63, 3.8) is 0 Å². The highest BCUT2D eigenvalue weighted by molar-refractivity contribution is 7.89. The topological polar surface area (TPSA) is 78.6 Å². The summed E-state index contributed by atoms with van der Waals surface area (Å²) in [4.78, 5) is 0. The van der Waals surface area contributed by atoms with Gasteiger partial charge in [0.05, 0.1) is 19.0 Å². The smallest absolute Gasteiger partial charge is 0.209 e. The lowest BCUT2D eigenvalue weighted by Gasteiger charge is -2.04. The predicted octanol–water partition coefficient (Wildman–Crippen LogP) is 0.888. The molecule has 0 saturated carbocycles. The number of nitrogens with two attached hydrogens (primary N) is 1. The Morgan fingerprint density at radius 1 is 0.938 bits per heavy atom. The standard InChI is InChI=1S/C10H23NO4S/c1-2-6-14-8-9-15-7-4-3-5-10-16(11,12)13/h2-10H2,1H3,(H2,11,12,13). The summed E-state index contributed by atoms with van der Waals surface area (Å²) >= 11 is 0. The second kappa shape index (κ2) is 10.0. The van der Waals surface area contributed by atoms with E-state index in [9.17, 15) is 8.42 Å². The first-order valence-corrected chi connectivity index (χ1v) is 7.43. The zero-order valence-electron chi connectivity index (χ0n) is 9.98. The summed E-state index contributed by atoms with van der Waals surface area (Å²) in [6, 6.07) is 0. The van der Waals surface area contributed by atoms with Gasteiger partial charge in [0.15, 0.2) is 0 Å². The second-order valence-corrected chi connectivity index (χ2v) is 5.39. The maximum atomic E-state index is 10.6. The van der Waals surface area contributed by atoms with Crippen molar-refractivity contribution in [2.45, 2.75) is 32.6 Å². The van der Waals surface area contributed by atoms with E-state index in [1.807, 2.05) is 0 Å². The average molecular weight is 253 g/mol. The highest BCUT2D eigenvalue weighted by Gasteiger charge is 2.01. The van der Waals surface area contributed by atoms with Gasteiger partial charge in [0.1, 0.15) is 0 Å². The Balaban J connectivity index is 3.05. The molecule has 0 aromatic heterocycles. The van der Waals surface area contributed by atoms with Gasteiger partial charge in [0, 0.05) is 13.2 Å². The Labute approximate surface area is 98.4 Å². The number of rotatable bonds is 11. The zero-order chi connectivity index (χ0) is 12.3. The van der Waals surface area contributed by atoms with Gasteiger partial charge in [-0.15, -0.1) is 0 Å². The predicted molar refractivity (Wildman–Crippen MR) is 63.8 cm³/mol. The van der Waals surface area contributed by atoms with E-state index in [0.717, 1.165) is 25.9 Å². The van der Waals surface area contributed by atoms with Crippen LogP contribution in [0.3, 0.4) is 0 Å². The number of ether oxygens (including phenoxy) is 2. The fourth-order valence-electron chi connectivity index (χ4n) is 1.15. The van der Waals surface area contributed by atoms with E-state index in [2.05, 4.69) is 6.92 Å². The lowest BCUT2D eigenvalue weighted by atomic mass is 10.3. The molecule has 0 fully saturated rings. The number of hydrogen-bond acceptors (Lipinski definition) is 4. The molecule has 0 aliphatic carbocycles. The molecule has 0 spiro atoms. The van der Waals surface area contributed by atoms with E-state index in [4.69, 9.17) is 14.6 Å². The van der Waals surface area contributed by atoms with Crippen LogP contribution >= 0.6 is 0 Å². The minimum absolute atomic E-state index is 0.0621. The van der Waals surface area contributed by atoms with Crippen LogP contribution < -0.4 is 5.14 Å². The van der Waals surface area contributed by atoms with Crippen molar-refractivity contribution in [1.29, 1.82) is 0 Å². The van der Waals surface area contributed by atoms with Gasteiger partial charge < -0.3 is 9.47 Å². The molecule has 0 atom stereocenters. The minimum Gasteiger partial charge on any atom is -0.379 e. The molecule has 0 radical (unpaired) electrons. The largest absolute Gasteiger partial charge is 0.379 e. The van der Waals surface area contributed by atoms with Crippen molar-refractivity contribution in [2.75, 3.05) is 32.2 Å². The third-order valence-corrected chi connectivity index (χ3v) is 2.80. The SMILES string of the molecule is CCCOCCOCCCCCS(N)(=O)=O. The Hall–Kier alpha value is -0.170. The van der Waals surface area contributed by atoms with Gasteiger partial charge in [-0.2, -0.15) is 0 Å². The molecule has 0 unspecified atom stereocenters. The number of unbranched alkanes of at least 4 members (excludes halogenated alkanes) is 2. The van der Waals surface area contributed by atoms with Gasteiger partial charge >= 0.3 is 0 Å². The molecule has 0 bridgehead atoms. The Morgan fingerprint density at radius 3 is 2.12 bits per heavy atom. The molecule has 0 heterocycles. The van der Waals surface area contributed by atoms with Crippen LogP contribution in [0.15, 0.2) is 0 Å². The van der Waals surface area contributed by atoms with E-state index in [1.165, 1.54) is 0 Å². The molecule has 6 heteroatoms. The van der Waals surface area contributed by atoms with Gasteiger partial charge in [0.2, 0.25) is 10.0 Å². The number of hydrogen-bond donors (Lipinski definition) is 1.